The number of carbonyl (C=O) groups is 1. The SMILES string of the molecule is CSC12C[C@@H]1C=CC1CC[C@@H]3[C@H](CC[C@]4(C)C(=O)CC[C@@H]34)[C@]12C. The van der Waals surface area contributed by atoms with E-state index in [1.807, 2.05) is 0 Å². The molecule has 126 valence electrons. The van der Waals surface area contributed by atoms with Crippen LogP contribution in [0.15, 0.2) is 12.2 Å². The molecular formula is C21H30OS. The normalized spacial score (nSPS) is 59.8. The molecule has 0 N–H and O–H groups in total. The van der Waals surface area contributed by atoms with Crippen LogP contribution in [0, 0.1) is 40.4 Å². The van der Waals surface area contributed by atoms with Crippen LogP contribution >= 0.6 is 11.8 Å². The smallest absolute Gasteiger partial charge is 0.139 e. The molecule has 23 heavy (non-hydrogen) atoms. The molecule has 0 spiro atoms. The van der Waals surface area contributed by atoms with E-state index in [-0.39, 0.29) is 5.41 Å². The Morgan fingerprint density at radius 3 is 2.61 bits per heavy atom. The minimum absolute atomic E-state index is 0.0321. The molecule has 0 aromatic carbocycles. The molecule has 0 radical (unpaired) electrons. The molecule has 0 bridgehead atoms. The third-order valence-corrected chi connectivity index (χ3v) is 10.9. The maximum Gasteiger partial charge on any atom is 0.139 e. The average Bonchev–Trinajstić information content (AvgIpc) is 3.22. The van der Waals surface area contributed by atoms with Crippen LogP contribution in [0.1, 0.15) is 58.8 Å². The first-order chi connectivity index (χ1) is 11.0. The quantitative estimate of drug-likeness (QED) is 0.622. The molecule has 0 saturated heterocycles. The van der Waals surface area contributed by atoms with E-state index in [0.717, 1.165) is 30.1 Å². The fraction of sp³-hybridized carbons (Fsp3) is 0.857. The van der Waals surface area contributed by atoms with Crippen molar-refractivity contribution in [1.29, 1.82) is 0 Å². The van der Waals surface area contributed by atoms with Crippen molar-refractivity contribution < 1.29 is 4.79 Å². The van der Waals surface area contributed by atoms with Gasteiger partial charge in [-0.25, -0.2) is 0 Å². The van der Waals surface area contributed by atoms with Gasteiger partial charge in [-0.3, -0.25) is 4.79 Å². The van der Waals surface area contributed by atoms with Gasteiger partial charge in [0.25, 0.3) is 0 Å². The van der Waals surface area contributed by atoms with Crippen LogP contribution in [-0.2, 0) is 4.79 Å². The van der Waals surface area contributed by atoms with Gasteiger partial charge in [0.05, 0.1) is 0 Å². The molecule has 0 heterocycles. The van der Waals surface area contributed by atoms with Gasteiger partial charge in [0.15, 0.2) is 0 Å². The van der Waals surface area contributed by atoms with Crippen LogP contribution in [0.2, 0.25) is 0 Å². The molecule has 2 unspecified atom stereocenters. The van der Waals surface area contributed by atoms with Gasteiger partial charge in [-0.05, 0) is 79.8 Å². The molecule has 2 heteroatoms. The Morgan fingerprint density at radius 2 is 1.83 bits per heavy atom. The number of allylic oxidation sites excluding steroid dienone is 2. The van der Waals surface area contributed by atoms with E-state index in [1.165, 1.54) is 38.5 Å². The number of thioether (sulfide) groups is 1. The summed E-state index contributed by atoms with van der Waals surface area (Å²) in [6.45, 7) is 4.95. The van der Waals surface area contributed by atoms with Gasteiger partial charge in [-0.1, -0.05) is 26.0 Å². The zero-order valence-electron chi connectivity index (χ0n) is 14.8. The largest absolute Gasteiger partial charge is 0.299 e. The third kappa shape index (κ3) is 1.56. The lowest BCUT2D eigenvalue weighted by molar-refractivity contribution is -0.135. The van der Waals surface area contributed by atoms with Crippen molar-refractivity contribution in [1.82, 2.24) is 0 Å². The molecule has 5 aliphatic carbocycles. The first-order valence-electron chi connectivity index (χ1n) is 9.74. The highest BCUT2D eigenvalue weighted by atomic mass is 32.2. The van der Waals surface area contributed by atoms with Gasteiger partial charge < -0.3 is 0 Å². The van der Waals surface area contributed by atoms with Crippen LogP contribution in [0.5, 0.6) is 0 Å². The van der Waals surface area contributed by atoms with Crippen molar-refractivity contribution in [3.8, 4) is 0 Å². The molecule has 5 rings (SSSR count). The summed E-state index contributed by atoms with van der Waals surface area (Å²) >= 11 is 2.17. The summed E-state index contributed by atoms with van der Waals surface area (Å²) in [5, 5.41) is 0. The summed E-state index contributed by atoms with van der Waals surface area (Å²) in [7, 11) is 0. The summed E-state index contributed by atoms with van der Waals surface area (Å²) in [5.74, 6) is 4.56. The van der Waals surface area contributed by atoms with Crippen molar-refractivity contribution in [2.75, 3.05) is 6.26 Å². The fourth-order valence-electron chi connectivity index (χ4n) is 7.91. The van der Waals surface area contributed by atoms with Gasteiger partial charge in [0.1, 0.15) is 5.78 Å². The number of hydrogen-bond donors (Lipinski definition) is 0. The van der Waals surface area contributed by atoms with Gasteiger partial charge >= 0.3 is 0 Å². The Balaban J connectivity index is 1.56. The summed E-state index contributed by atoms with van der Waals surface area (Å²) in [6, 6.07) is 0. The highest BCUT2D eigenvalue weighted by Crippen LogP contribution is 2.76. The lowest BCUT2D eigenvalue weighted by atomic mass is 9.45. The predicted octanol–water partition coefficient (Wildman–Crippen LogP) is 5.11. The fourth-order valence-corrected chi connectivity index (χ4v) is 9.38. The van der Waals surface area contributed by atoms with E-state index in [1.54, 1.807) is 0 Å². The number of ketones is 1. The maximum absolute atomic E-state index is 12.5. The zero-order chi connectivity index (χ0) is 16.0. The summed E-state index contributed by atoms with van der Waals surface area (Å²) in [4.78, 5) is 12.5. The molecule has 0 aliphatic heterocycles. The summed E-state index contributed by atoms with van der Waals surface area (Å²) in [6.07, 6.45) is 16.2. The lowest BCUT2D eigenvalue weighted by Gasteiger charge is -2.61. The van der Waals surface area contributed by atoms with E-state index in [9.17, 15) is 4.79 Å². The van der Waals surface area contributed by atoms with E-state index in [2.05, 4.69) is 44.0 Å². The van der Waals surface area contributed by atoms with E-state index >= 15 is 0 Å². The molecule has 4 fully saturated rings. The Morgan fingerprint density at radius 1 is 1.04 bits per heavy atom. The van der Waals surface area contributed by atoms with Gasteiger partial charge in [0, 0.05) is 16.6 Å². The number of rotatable bonds is 1. The zero-order valence-corrected chi connectivity index (χ0v) is 15.6. The standard InChI is InChI=1S/C21H30OS/c1-19-11-10-17-15(16(19)8-9-18(19)22)7-6-13-4-5-14-12-21(14,23-3)20(13,17)2/h4-5,13-17H,6-12H2,1-3H3/t13?,14-,15-,16-,17-,19-,20-,21?/m0/s1. The second-order valence-electron chi connectivity index (χ2n) is 9.55. The lowest BCUT2D eigenvalue weighted by Crippen LogP contribution is -2.57. The second kappa shape index (κ2) is 4.48. The monoisotopic (exact) mass is 330 g/mol. The minimum Gasteiger partial charge on any atom is -0.299 e. The van der Waals surface area contributed by atoms with Crippen molar-refractivity contribution >= 4 is 17.5 Å². The summed E-state index contributed by atoms with van der Waals surface area (Å²) in [5.41, 5.74) is 0.506. The molecule has 1 nitrogen and oxygen atoms in total. The highest BCUT2D eigenvalue weighted by Gasteiger charge is 2.72. The maximum atomic E-state index is 12.5. The first kappa shape index (κ1) is 15.0. The second-order valence-corrected chi connectivity index (χ2v) is 10.7. The molecule has 5 aliphatic rings. The number of hydrogen-bond acceptors (Lipinski definition) is 2. The van der Waals surface area contributed by atoms with Crippen LogP contribution in [0.25, 0.3) is 0 Å². The van der Waals surface area contributed by atoms with Crippen LogP contribution in [-0.4, -0.2) is 16.8 Å². The average molecular weight is 331 g/mol. The molecular weight excluding hydrogens is 300 g/mol. The molecule has 0 aromatic rings. The van der Waals surface area contributed by atoms with E-state index in [4.69, 9.17) is 0 Å². The summed E-state index contributed by atoms with van der Waals surface area (Å²) < 4.78 is 0.520. The van der Waals surface area contributed by atoms with Crippen molar-refractivity contribution in [2.45, 2.75) is 63.5 Å². The Bertz CT molecular complexity index is 597. The van der Waals surface area contributed by atoms with Gasteiger partial charge in [-0.15, -0.1) is 0 Å². The Labute approximate surface area is 145 Å². The molecule has 4 saturated carbocycles. The predicted molar refractivity (Wildman–Crippen MR) is 96.4 cm³/mol. The first-order valence-corrected chi connectivity index (χ1v) is 11.0. The number of Topliss-reactive ketones (excluding diaryl/α,β-unsaturated/α-hetero) is 1. The van der Waals surface area contributed by atoms with Crippen molar-refractivity contribution in [3.63, 3.8) is 0 Å². The number of carbonyl (C=O) groups excluding carboxylic acids is 1. The van der Waals surface area contributed by atoms with E-state index in [0.29, 0.717) is 21.9 Å². The topological polar surface area (TPSA) is 17.1 Å². The van der Waals surface area contributed by atoms with Crippen LogP contribution in [0.4, 0.5) is 0 Å². The Kier molecular flexibility index (Phi) is 2.93. The molecule has 0 aromatic heterocycles. The molecule has 0 amide bonds. The molecule has 8 atom stereocenters. The highest BCUT2D eigenvalue weighted by molar-refractivity contribution is 8.00. The van der Waals surface area contributed by atoms with Crippen molar-refractivity contribution in [2.24, 2.45) is 40.4 Å². The van der Waals surface area contributed by atoms with Crippen molar-refractivity contribution in [3.05, 3.63) is 12.2 Å². The Hall–Kier alpha value is -0.240. The van der Waals surface area contributed by atoms with Gasteiger partial charge in [0.2, 0.25) is 0 Å². The minimum atomic E-state index is 0.0321. The number of fused-ring (bicyclic) bond motifs is 7. The van der Waals surface area contributed by atoms with E-state index < -0.39 is 0 Å². The third-order valence-electron chi connectivity index (χ3n) is 9.31. The van der Waals surface area contributed by atoms with Crippen LogP contribution in [0.3, 0.4) is 0 Å². The van der Waals surface area contributed by atoms with Gasteiger partial charge in [-0.2, -0.15) is 11.8 Å². The van der Waals surface area contributed by atoms with Crippen LogP contribution < -0.4 is 0 Å².